The number of carbonyl (C=O) groups excluding carboxylic acids is 5. The summed E-state index contributed by atoms with van der Waals surface area (Å²) in [7, 11) is 1.20. The van der Waals surface area contributed by atoms with E-state index in [-0.39, 0.29) is 18.5 Å². The molecule has 0 heterocycles. The topological polar surface area (TPSA) is 157 Å². The van der Waals surface area contributed by atoms with Gasteiger partial charge in [-0.3, -0.25) is 19.2 Å². The number of nitrogens with zero attached hydrogens (tertiary/aromatic N) is 1. The van der Waals surface area contributed by atoms with E-state index in [1.54, 1.807) is 32.9 Å². The average Bonchev–Trinajstić information content (AvgIpc) is 3.54. The fraction of sp³-hybridized carbons (Fsp3) is 0.577. The summed E-state index contributed by atoms with van der Waals surface area (Å²) in [6.45, 7) is 8.53. The lowest BCUT2D eigenvalue weighted by Gasteiger charge is -2.34. The van der Waals surface area contributed by atoms with Crippen molar-refractivity contribution in [2.24, 2.45) is 11.7 Å². The van der Waals surface area contributed by atoms with Crippen LogP contribution in [-0.2, 0) is 35.1 Å². The number of benzene rings is 1. The number of primary amides is 1. The Morgan fingerprint density at radius 2 is 1.73 bits per heavy atom. The van der Waals surface area contributed by atoms with Crippen LogP contribution < -0.4 is 16.4 Å². The van der Waals surface area contributed by atoms with Gasteiger partial charge < -0.3 is 30.7 Å². The normalized spacial score (nSPS) is 18.1. The lowest BCUT2D eigenvalue weighted by molar-refractivity contribution is -0.146. The first-order valence-electron chi connectivity index (χ1n) is 12.3. The minimum Gasteiger partial charge on any atom is -0.468 e. The fourth-order valence-corrected chi connectivity index (χ4v) is 3.91. The van der Waals surface area contributed by atoms with Gasteiger partial charge in [0.05, 0.1) is 13.5 Å². The van der Waals surface area contributed by atoms with Crippen LogP contribution in [0.1, 0.15) is 64.6 Å². The third-order valence-electron chi connectivity index (χ3n) is 5.94. The number of carbonyl (C=O) groups is 5. The highest BCUT2D eigenvalue weighted by molar-refractivity contribution is 5.95. The Morgan fingerprint density at radius 3 is 2.19 bits per heavy atom. The van der Waals surface area contributed by atoms with Crippen LogP contribution in [0, 0.1) is 5.92 Å². The summed E-state index contributed by atoms with van der Waals surface area (Å²) in [6.07, 6.45) is 0.0216. The Hall–Kier alpha value is -3.63. The summed E-state index contributed by atoms with van der Waals surface area (Å²) in [6, 6.07) is 4.39. The van der Waals surface area contributed by atoms with E-state index in [0.29, 0.717) is 12.0 Å². The number of nitrogens with one attached hydrogen (secondary N) is 2. The first-order valence-corrected chi connectivity index (χ1v) is 12.3. The number of aryl methyl sites for hydroxylation is 1. The summed E-state index contributed by atoms with van der Waals surface area (Å²) < 4.78 is 9.89. The molecule has 1 saturated carbocycles. The average molecular weight is 519 g/mol. The molecule has 0 aromatic heterocycles. The molecule has 4 atom stereocenters. The van der Waals surface area contributed by atoms with Crippen LogP contribution in [0.4, 0.5) is 4.79 Å². The van der Waals surface area contributed by atoms with Crippen molar-refractivity contribution in [3.05, 3.63) is 35.4 Å². The fourth-order valence-electron chi connectivity index (χ4n) is 3.91. The second-order valence-electron chi connectivity index (χ2n) is 10.2. The van der Waals surface area contributed by atoms with Gasteiger partial charge in [-0.25, -0.2) is 4.79 Å². The predicted molar refractivity (Wildman–Crippen MR) is 135 cm³/mol. The predicted octanol–water partition coefficient (Wildman–Crippen LogP) is 1.59. The van der Waals surface area contributed by atoms with E-state index in [1.165, 1.54) is 12.0 Å². The monoisotopic (exact) mass is 518 g/mol. The van der Waals surface area contributed by atoms with Crippen LogP contribution in [-0.4, -0.2) is 66.0 Å². The van der Waals surface area contributed by atoms with Crippen molar-refractivity contribution in [2.45, 2.75) is 77.6 Å². The molecule has 4 amide bonds. The first kappa shape index (κ1) is 29.6. The largest absolute Gasteiger partial charge is 0.468 e. The summed E-state index contributed by atoms with van der Waals surface area (Å²) in [5.74, 6) is -2.64. The smallest absolute Gasteiger partial charge is 0.408 e. The SMILES string of the molecule is CCc1ccc(C(C(=O)NCC(=O)OC)N(C(=O)C(CC(N)=O)NC(=O)OC(C)(C)C)C2CC2C)cc1. The number of esters is 1. The maximum Gasteiger partial charge on any atom is 0.408 e. The molecule has 1 aromatic carbocycles. The molecule has 0 radical (unpaired) electrons. The summed E-state index contributed by atoms with van der Waals surface area (Å²) in [5.41, 5.74) is 6.11. The molecule has 11 heteroatoms. The Balaban J connectivity index is 2.49. The highest BCUT2D eigenvalue weighted by atomic mass is 16.6. The molecular formula is C26H38N4O7. The van der Waals surface area contributed by atoms with Crippen molar-refractivity contribution in [3.63, 3.8) is 0 Å². The maximum absolute atomic E-state index is 13.9. The quantitative estimate of drug-likeness (QED) is 0.375. The van der Waals surface area contributed by atoms with Crippen LogP contribution >= 0.6 is 0 Å². The molecule has 0 spiro atoms. The highest BCUT2D eigenvalue weighted by Crippen LogP contribution is 2.41. The van der Waals surface area contributed by atoms with E-state index in [9.17, 15) is 24.0 Å². The maximum atomic E-state index is 13.9. The summed E-state index contributed by atoms with van der Waals surface area (Å²) in [5, 5.41) is 4.98. The Bertz CT molecular complexity index is 1000. The van der Waals surface area contributed by atoms with Crippen LogP contribution in [0.3, 0.4) is 0 Å². The zero-order valence-corrected chi connectivity index (χ0v) is 22.3. The van der Waals surface area contributed by atoms with E-state index < -0.39 is 53.9 Å². The molecule has 1 aliphatic rings. The zero-order valence-electron chi connectivity index (χ0n) is 22.3. The highest BCUT2D eigenvalue weighted by Gasteiger charge is 2.48. The number of nitrogens with two attached hydrogens (primary N) is 1. The molecule has 4 N–H and O–H groups in total. The van der Waals surface area contributed by atoms with Crippen LogP contribution in [0.5, 0.6) is 0 Å². The number of methoxy groups -OCH3 is 1. The number of hydrogen-bond acceptors (Lipinski definition) is 7. The van der Waals surface area contributed by atoms with Crippen molar-refractivity contribution in [3.8, 4) is 0 Å². The third kappa shape index (κ3) is 8.76. The van der Waals surface area contributed by atoms with Gasteiger partial charge in [0.2, 0.25) is 17.7 Å². The van der Waals surface area contributed by atoms with Crippen LogP contribution in [0.15, 0.2) is 24.3 Å². The van der Waals surface area contributed by atoms with E-state index in [2.05, 4.69) is 15.4 Å². The second kappa shape index (κ2) is 12.6. The lowest BCUT2D eigenvalue weighted by atomic mass is 9.99. The van der Waals surface area contributed by atoms with Gasteiger partial charge in [-0.1, -0.05) is 38.1 Å². The summed E-state index contributed by atoms with van der Waals surface area (Å²) >= 11 is 0. The zero-order chi connectivity index (χ0) is 27.9. The van der Waals surface area contributed by atoms with E-state index in [0.717, 1.165) is 12.0 Å². The van der Waals surface area contributed by atoms with Gasteiger partial charge >= 0.3 is 12.1 Å². The Labute approximate surface area is 217 Å². The molecular weight excluding hydrogens is 480 g/mol. The number of ether oxygens (including phenoxy) is 2. The van der Waals surface area contributed by atoms with Crippen molar-refractivity contribution in [1.82, 2.24) is 15.5 Å². The van der Waals surface area contributed by atoms with E-state index in [1.807, 2.05) is 26.0 Å². The van der Waals surface area contributed by atoms with Gasteiger partial charge in [-0.05, 0) is 50.7 Å². The molecule has 0 saturated heterocycles. The Kier molecular flexibility index (Phi) is 10.0. The van der Waals surface area contributed by atoms with Gasteiger partial charge in [0.1, 0.15) is 24.2 Å². The van der Waals surface area contributed by atoms with Crippen molar-refractivity contribution < 1.29 is 33.4 Å². The lowest BCUT2D eigenvalue weighted by Crippen LogP contribution is -2.55. The van der Waals surface area contributed by atoms with Gasteiger partial charge in [0, 0.05) is 6.04 Å². The standard InChI is InChI=1S/C26H38N4O7/c1-7-16-8-10-17(11-9-16)22(23(33)28-14-21(32)36-6)30(19-12-15(19)2)24(34)18(13-20(27)31)29-25(35)37-26(3,4)5/h8-11,15,18-19,22H,7,12-14H2,1-6H3,(H2,27,31)(H,28,33)(H,29,35). The summed E-state index contributed by atoms with van der Waals surface area (Å²) in [4.78, 5) is 64.8. The molecule has 0 aliphatic heterocycles. The third-order valence-corrected chi connectivity index (χ3v) is 5.94. The van der Waals surface area contributed by atoms with Gasteiger partial charge in [0.25, 0.3) is 0 Å². The van der Waals surface area contributed by atoms with Gasteiger partial charge in [-0.15, -0.1) is 0 Å². The molecule has 2 rings (SSSR count). The van der Waals surface area contributed by atoms with Crippen molar-refractivity contribution >= 4 is 29.8 Å². The Morgan fingerprint density at radius 1 is 1.14 bits per heavy atom. The number of alkyl carbamates (subject to hydrolysis) is 1. The molecule has 1 aliphatic carbocycles. The van der Waals surface area contributed by atoms with Crippen LogP contribution in [0.2, 0.25) is 0 Å². The number of hydrogen-bond donors (Lipinski definition) is 3. The van der Waals surface area contributed by atoms with Crippen molar-refractivity contribution in [2.75, 3.05) is 13.7 Å². The molecule has 1 aromatic rings. The molecule has 11 nitrogen and oxygen atoms in total. The minimum absolute atomic E-state index is 0.0746. The van der Waals surface area contributed by atoms with E-state index in [4.69, 9.17) is 10.5 Å². The first-order chi connectivity index (χ1) is 17.3. The number of amides is 4. The molecule has 1 fully saturated rings. The number of rotatable bonds is 11. The van der Waals surface area contributed by atoms with Crippen molar-refractivity contribution in [1.29, 1.82) is 0 Å². The molecule has 4 unspecified atom stereocenters. The van der Waals surface area contributed by atoms with Crippen LogP contribution in [0.25, 0.3) is 0 Å². The van der Waals surface area contributed by atoms with Gasteiger partial charge in [0.15, 0.2) is 0 Å². The van der Waals surface area contributed by atoms with E-state index >= 15 is 0 Å². The minimum atomic E-state index is -1.36. The molecule has 0 bridgehead atoms. The molecule has 204 valence electrons. The second-order valence-corrected chi connectivity index (χ2v) is 10.2. The van der Waals surface area contributed by atoms with Gasteiger partial charge in [-0.2, -0.15) is 0 Å². The molecule has 37 heavy (non-hydrogen) atoms.